The molecule has 1 saturated heterocycles. The number of sulfonamides is 1. The van der Waals surface area contributed by atoms with E-state index < -0.39 is 34.0 Å². The van der Waals surface area contributed by atoms with Crippen molar-refractivity contribution in [3.05, 3.63) is 45.8 Å². The molecule has 1 aromatic heterocycles. The van der Waals surface area contributed by atoms with Gasteiger partial charge in [0.15, 0.2) is 0 Å². The molecule has 1 aromatic carbocycles. The fourth-order valence-corrected chi connectivity index (χ4v) is 7.61. The van der Waals surface area contributed by atoms with Crippen molar-refractivity contribution < 1.29 is 37.1 Å². The van der Waals surface area contributed by atoms with Crippen LogP contribution in [0.4, 0.5) is 14.6 Å². The first-order valence-corrected chi connectivity index (χ1v) is 15.4. The maximum absolute atomic E-state index is 13.2. The van der Waals surface area contributed by atoms with Gasteiger partial charge in [-0.25, -0.2) is 18.0 Å². The fourth-order valence-electron chi connectivity index (χ4n) is 4.76. The van der Waals surface area contributed by atoms with Gasteiger partial charge in [0.05, 0.1) is 35.8 Å². The number of nitrogens with zero attached hydrogens (tertiary/aromatic N) is 2. The second-order valence-electron chi connectivity index (χ2n) is 9.67. The average Bonchev–Trinajstić information content (AvgIpc) is 3.29. The van der Waals surface area contributed by atoms with Gasteiger partial charge in [0.1, 0.15) is 5.00 Å². The highest BCUT2D eigenvalue weighted by Crippen LogP contribution is 2.37. The van der Waals surface area contributed by atoms with Crippen molar-refractivity contribution in [1.82, 2.24) is 19.8 Å². The van der Waals surface area contributed by atoms with Crippen molar-refractivity contribution in [3.63, 3.8) is 0 Å². The van der Waals surface area contributed by atoms with Crippen molar-refractivity contribution >= 4 is 50.3 Å². The second-order valence-corrected chi connectivity index (χ2v) is 12.7. The van der Waals surface area contributed by atoms with Crippen LogP contribution in [0.1, 0.15) is 51.9 Å². The number of urea groups is 1. The number of hydrogen-bond acceptors (Lipinski definition) is 9. The van der Waals surface area contributed by atoms with Crippen LogP contribution in [0.25, 0.3) is 0 Å². The van der Waals surface area contributed by atoms with E-state index in [1.807, 2.05) is 13.8 Å². The van der Waals surface area contributed by atoms with E-state index in [9.17, 15) is 27.6 Å². The van der Waals surface area contributed by atoms with E-state index in [-0.39, 0.29) is 59.5 Å². The summed E-state index contributed by atoms with van der Waals surface area (Å²) in [7, 11) is -2.42. The second kappa shape index (κ2) is 12.5. The molecule has 2 aliphatic heterocycles. The number of hydrogen-bond donors (Lipinski definition) is 3. The number of carbonyl (C=O) groups is 4. The molecular weight excluding hydrogens is 574 g/mol. The molecule has 2 aliphatic rings. The highest BCUT2D eigenvalue weighted by molar-refractivity contribution is 7.89. The zero-order valence-corrected chi connectivity index (χ0v) is 24.8. The molecule has 2 atom stereocenters. The summed E-state index contributed by atoms with van der Waals surface area (Å²) >= 11 is 1.13. The Labute approximate surface area is 242 Å². The monoisotopic (exact) mass is 607 g/mol. The third-order valence-electron chi connectivity index (χ3n) is 6.63. The summed E-state index contributed by atoms with van der Waals surface area (Å²) in [5.74, 6) is -1.27. The third-order valence-corrected chi connectivity index (χ3v) is 9.61. The van der Waals surface area contributed by atoms with Crippen molar-refractivity contribution in [3.8, 4) is 0 Å². The van der Waals surface area contributed by atoms with Crippen LogP contribution in [0.5, 0.6) is 0 Å². The molecule has 13 nitrogen and oxygen atoms in total. The smallest absolute Gasteiger partial charge is 0.410 e. The van der Waals surface area contributed by atoms with E-state index in [1.165, 1.54) is 40.5 Å². The average molecular weight is 608 g/mol. The van der Waals surface area contributed by atoms with Gasteiger partial charge in [-0.3, -0.25) is 14.9 Å². The quantitative estimate of drug-likeness (QED) is 0.451. The standard InChI is InChI=1S/C26H33N5O8S2/c1-5-38-26(35)30-11-10-19-20(14-30)40-24(21(19)23(33)29-25(34)27-4)28-22(32)17-6-8-18(9-7-17)41(36,37)31-12-15(2)39-16(3)13-31/h6-9,15-16H,5,10-14H2,1-4H3,(H,28,32)(H2,27,29,33,34). The zero-order chi connectivity index (χ0) is 29.9. The Kier molecular flexibility index (Phi) is 9.31. The molecule has 15 heteroatoms. The number of rotatable bonds is 6. The topological polar surface area (TPSA) is 163 Å². The van der Waals surface area contributed by atoms with Crippen LogP contribution in [0, 0.1) is 0 Å². The third kappa shape index (κ3) is 6.69. The summed E-state index contributed by atoms with van der Waals surface area (Å²) in [5, 5.41) is 7.50. The Hall–Kier alpha value is -3.53. The highest BCUT2D eigenvalue weighted by Gasteiger charge is 2.33. The van der Waals surface area contributed by atoms with Gasteiger partial charge in [-0.15, -0.1) is 11.3 Å². The predicted octanol–water partition coefficient (Wildman–Crippen LogP) is 2.38. The molecule has 3 heterocycles. The molecule has 0 radical (unpaired) electrons. The zero-order valence-electron chi connectivity index (χ0n) is 23.2. The van der Waals surface area contributed by atoms with Gasteiger partial charge in [-0.2, -0.15) is 4.31 Å². The minimum absolute atomic E-state index is 0.0478. The first-order valence-electron chi connectivity index (χ1n) is 13.1. The molecule has 222 valence electrons. The lowest BCUT2D eigenvalue weighted by atomic mass is 10.0. The Morgan fingerprint density at radius 3 is 2.34 bits per heavy atom. The van der Waals surface area contributed by atoms with Gasteiger partial charge in [0, 0.05) is 37.1 Å². The molecule has 5 amide bonds. The summed E-state index contributed by atoms with van der Waals surface area (Å²) < 4.78 is 38.4. The van der Waals surface area contributed by atoms with E-state index in [2.05, 4.69) is 16.0 Å². The van der Waals surface area contributed by atoms with E-state index in [0.717, 1.165) is 11.3 Å². The number of fused-ring (bicyclic) bond motifs is 1. The Morgan fingerprint density at radius 1 is 1.07 bits per heavy atom. The van der Waals surface area contributed by atoms with Crippen LogP contribution in [-0.2, 0) is 32.5 Å². The molecule has 2 aromatic rings. The van der Waals surface area contributed by atoms with E-state index in [4.69, 9.17) is 9.47 Å². The van der Waals surface area contributed by atoms with E-state index in [0.29, 0.717) is 23.4 Å². The molecule has 0 saturated carbocycles. The molecule has 0 aliphatic carbocycles. The molecule has 4 rings (SSSR count). The number of carbonyl (C=O) groups excluding carboxylic acids is 4. The van der Waals surface area contributed by atoms with Gasteiger partial charge in [-0.1, -0.05) is 0 Å². The molecule has 0 spiro atoms. The van der Waals surface area contributed by atoms with Gasteiger partial charge >= 0.3 is 12.1 Å². The lowest BCUT2D eigenvalue weighted by Gasteiger charge is -2.34. The fraction of sp³-hybridized carbons (Fsp3) is 0.462. The highest BCUT2D eigenvalue weighted by atomic mass is 32.2. The van der Waals surface area contributed by atoms with Crippen molar-refractivity contribution in [2.24, 2.45) is 0 Å². The molecule has 1 fully saturated rings. The predicted molar refractivity (Wildman–Crippen MR) is 151 cm³/mol. The summed E-state index contributed by atoms with van der Waals surface area (Å²) in [5.41, 5.74) is 0.938. The van der Waals surface area contributed by atoms with Crippen LogP contribution in [0.15, 0.2) is 29.2 Å². The number of amides is 5. The number of anilines is 1. The van der Waals surface area contributed by atoms with E-state index in [1.54, 1.807) is 6.92 Å². The summed E-state index contributed by atoms with van der Waals surface area (Å²) in [6.07, 6.45) is -0.643. The minimum atomic E-state index is -3.79. The normalized spacial score (nSPS) is 19.2. The molecular formula is C26H33N5O8S2. The maximum atomic E-state index is 13.2. The van der Waals surface area contributed by atoms with Gasteiger partial charge in [0.25, 0.3) is 11.8 Å². The first kappa shape index (κ1) is 30.4. The minimum Gasteiger partial charge on any atom is -0.450 e. The summed E-state index contributed by atoms with van der Waals surface area (Å²) in [6, 6.07) is 4.82. The molecule has 3 N–H and O–H groups in total. The number of nitrogens with one attached hydrogen (secondary N) is 3. The summed E-state index contributed by atoms with van der Waals surface area (Å²) in [4.78, 5) is 52.6. The van der Waals surface area contributed by atoms with Crippen LogP contribution in [0.2, 0.25) is 0 Å². The molecule has 2 unspecified atom stereocenters. The van der Waals surface area contributed by atoms with Crippen molar-refractivity contribution in [2.45, 2.75) is 50.8 Å². The largest absolute Gasteiger partial charge is 0.450 e. The van der Waals surface area contributed by atoms with Crippen LogP contribution in [-0.4, -0.2) is 87.1 Å². The maximum Gasteiger partial charge on any atom is 0.410 e. The number of imide groups is 1. The molecule has 41 heavy (non-hydrogen) atoms. The SMILES string of the molecule is CCOC(=O)N1CCc2c(sc(NC(=O)c3ccc(S(=O)(=O)N4CC(C)OC(C)C4)cc3)c2C(=O)NC(=O)NC)C1. The summed E-state index contributed by atoms with van der Waals surface area (Å²) in [6.45, 7) is 6.49. The van der Waals surface area contributed by atoms with Crippen molar-refractivity contribution in [2.75, 3.05) is 38.6 Å². The van der Waals surface area contributed by atoms with Crippen molar-refractivity contribution in [1.29, 1.82) is 0 Å². The van der Waals surface area contributed by atoms with Gasteiger partial charge < -0.3 is 25.0 Å². The van der Waals surface area contributed by atoms with E-state index >= 15 is 0 Å². The molecule has 0 bridgehead atoms. The van der Waals surface area contributed by atoms with Gasteiger partial charge in [-0.05, 0) is 57.0 Å². The number of thiophene rings is 1. The van der Waals surface area contributed by atoms with Crippen LogP contribution >= 0.6 is 11.3 Å². The van der Waals surface area contributed by atoms with Crippen LogP contribution < -0.4 is 16.0 Å². The number of benzene rings is 1. The lowest BCUT2D eigenvalue weighted by Crippen LogP contribution is -2.48. The lowest BCUT2D eigenvalue weighted by molar-refractivity contribution is -0.0440. The van der Waals surface area contributed by atoms with Gasteiger partial charge in [0.2, 0.25) is 10.0 Å². The Balaban J connectivity index is 1.57. The first-order chi connectivity index (χ1) is 19.4. The number of ether oxygens (including phenoxy) is 2. The van der Waals surface area contributed by atoms with Crippen LogP contribution in [0.3, 0.4) is 0 Å². The Bertz CT molecular complexity index is 1430. The Morgan fingerprint density at radius 2 is 1.73 bits per heavy atom. The number of morpholine rings is 1.